The summed E-state index contributed by atoms with van der Waals surface area (Å²) in [4.78, 5) is 20.7. The molecule has 0 aliphatic rings. The molecule has 124 valence electrons. The predicted octanol–water partition coefficient (Wildman–Crippen LogP) is 1.81. The van der Waals surface area contributed by atoms with E-state index in [1.807, 2.05) is 0 Å². The summed E-state index contributed by atoms with van der Waals surface area (Å²) in [6.07, 6.45) is 13.2. The van der Waals surface area contributed by atoms with Gasteiger partial charge < -0.3 is 19.8 Å². The van der Waals surface area contributed by atoms with Crippen molar-refractivity contribution >= 4 is 60.8 Å². The van der Waals surface area contributed by atoms with E-state index >= 15 is 0 Å². The van der Waals surface area contributed by atoms with Crippen LogP contribution in [-0.2, 0) is 9.59 Å². The summed E-state index contributed by atoms with van der Waals surface area (Å²) in [6.45, 7) is 1.71. The van der Waals surface area contributed by atoms with Gasteiger partial charge in [-0.3, -0.25) is 0 Å². The van der Waals surface area contributed by atoms with Crippen LogP contribution >= 0.6 is 0 Å². The summed E-state index contributed by atoms with van der Waals surface area (Å²) in [5, 5.41) is 20.7. The summed E-state index contributed by atoms with van der Waals surface area (Å²) in [7, 11) is 0. The van der Waals surface area contributed by atoms with Gasteiger partial charge in [0.25, 0.3) is 0 Å². The van der Waals surface area contributed by atoms with E-state index in [4.69, 9.17) is 0 Å². The van der Waals surface area contributed by atoms with Crippen molar-refractivity contribution in [2.45, 2.75) is 90.4 Å². The Hall–Kier alpha value is 0.511. The van der Waals surface area contributed by atoms with Gasteiger partial charge in [0.05, 0.1) is 0 Å². The number of hydrogen-bond acceptors (Lipinski definition) is 4. The average molecular weight is 436 g/mol. The third kappa shape index (κ3) is 18.6. The van der Waals surface area contributed by atoms with E-state index in [-0.39, 0.29) is 61.2 Å². The predicted molar refractivity (Wildman–Crippen MR) is 85.0 cm³/mol. The Morgan fingerprint density at radius 3 is 1.45 bits per heavy atom. The fourth-order valence-electron chi connectivity index (χ4n) is 2.43. The van der Waals surface area contributed by atoms with E-state index in [0.717, 1.165) is 38.5 Å². The molecule has 0 radical (unpaired) electrons. The fraction of sp³-hybridized carbons (Fsp3) is 0.882. The molecule has 1 unspecified atom stereocenters. The minimum atomic E-state index is -0.941. The van der Waals surface area contributed by atoms with Gasteiger partial charge in [-0.15, -0.1) is 0 Å². The van der Waals surface area contributed by atoms with Gasteiger partial charge in [0.15, 0.2) is 0 Å². The van der Waals surface area contributed by atoms with Crippen molar-refractivity contribution in [3.05, 3.63) is 0 Å². The average Bonchev–Trinajstić information content (AvgIpc) is 2.43. The SMILES string of the molecule is CC(CCCCCCCCCCCCCC(=O)[O-])C(=O)[O-].[Ba+2]. The zero-order valence-corrected chi connectivity index (χ0v) is 18.6. The van der Waals surface area contributed by atoms with Crippen molar-refractivity contribution in [2.24, 2.45) is 5.92 Å². The van der Waals surface area contributed by atoms with Crippen LogP contribution in [0.1, 0.15) is 90.4 Å². The molecule has 0 fully saturated rings. The van der Waals surface area contributed by atoms with Crippen molar-refractivity contribution in [1.82, 2.24) is 0 Å². The molecule has 5 heteroatoms. The molecule has 22 heavy (non-hydrogen) atoms. The first kappa shape index (κ1) is 24.8. The van der Waals surface area contributed by atoms with Gasteiger partial charge in [-0.2, -0.15) is 0 Å². The summed E-state index contributed by atoms with van der Waals surface area (Å²) in [6, 6.07) is 0. The first-order valence-electron chi connectivity index (χ1n) is 8.44. The molecule has 0 aromatic rings. The molecule has 4 nitrogen and oxygen atoms in total. The third-order valence-corrected chi connectivity index (χ3v) is 3.92. The van der Waals surface area contributed by atoms with Gasteiger partial charge >= 0.3 is 48.9 Å². The number of aliphatic carboxylic acids is 2. The van der Waals surface area contributed by atoms with Gasteiger partial charge in [-0.25, -0.2) is 0 Å². The molecule has 0 saturated heterocycles. The fourth-order valence-corrected chi connectivity index (χ4v) is 2.43. The minimum Gasteiger partial charge on any atom is -0.550 e. The Morgan fingerprint density at radius 2 is 1.09 bits per heavy atom. The van der Waals surface area contributed by atoms with E-state index in [2.05, 4.69) is 0 Å². The summed E-state index contributed by atoms with van der Waals surface area (Å²) >= 11 is 0. The van der Waals surface area contributed by atoms with Crippen LogP contribution in [0.2, 0.25) is 0 Å². The first-order valence-corrected chi connectivity index (χ1v) is 8.44. The van der Waals surface area contributed by atoms with Gasteiger partial charge in [0.2, 0.25) is 0 Å². The van der Waals surface area contributed by atoms with E-state index in [1.54, 1.807) is 6.92 Å². The van der Waals surface area contributed by atoms with Crippen LogP contribution in [0.25, 0.3) is 0 Å². The quantitative estimate of drug-likeness (QED) is 0.290. The third-order valence-electron chi connectivity index (χ3n) is 3.92. The topological polar surface area (TPSA) is 80.3 Å². The van der Waals surface area contributed by atoms with E-state index in [0.29, 0.717) is 0 Å². The van der Waals surface area contributed by atoms with Gasteiger partial charge in [0.1, 0.15) is 0 Å². The summed E-state index contributed by atoms with van der Waals surface area (Å²) in [5.41, 5.74) is 0. The van der Waals surface area contributed by atoms with E-state index < -0.39 is 11.9 Å². The van der Waals surface area contributed by atoms with Crippen LogP contribution in [-0.4, -0.2) is 60.8 Å². The molecule has 0 amide bonds. The maximum Gasteiger partial charge on any atom is 2.00 e. The normalized spacial score (nSPS) is 11.7. The number of carboxylic acid groups (broad SMARTS) is 2. The van der Waals surface area contributed by atoms with Crippen molar-refractivity contribution in [3.63, 3.8) is 0 Å². The molecule has 0 aliphatic heterocycles. The molecular formula is C17H30BaO4. The molecule has 1 atom stereocenters. The Kier molecular flexibility index (Phi) is 20.1. The van der Waals surface area contributed by atoms with Gasteiger partial charge in [-0.05, 0) is 25.2 Å². The molecule has 0 heterocycles. The zero-order chi connectivity index (χ0) is 15.9. The van der Waals surface area contributed by atoms with Crippen LogP contribution in [0.15, 0.2) is 0 Å². The molecule has 0 spiro atoms. The number of carbonyl (C=O) groups is 2. The van der Waals surface area contributed by atoms with Gasteiger partial charge in [-0.1, -0.05) is 71.1 Å². The number of rotatable bonds is 15. The van der Waals surface area contributed by atoms with Gasteiger partial charge in [0, 0.05) is 11.9 Å². The first-order chi connectivity index (χ1) is 10.0. The maximum absolute atomic E-state index is 10.5. The largest absolute Gasteiger partial charge is 2.00 e. The zero-order valence-electron chi connectivity index (χ0n) is 14.1. The van der Waals surface area contributed by atoms with Crippen LogP contribution in [0.5, 0.6) is 0 Å². The molecule has 0 aliphatic carbocycles. The number of hydrogen-bond donors (Lipinski definition) is 0. The second-order valence-electron chi connectivity index (χ2n) is 6.02. The smallest absolute Gasteiger partial charge is 0.550 e. The Balaban J connectivity index is 0. The Morgan fingerprint density at radius 1 is 0.727 bits per heavy atom. The van der Waals surface area contributed by atoms with Crippen LogP contribution in [0, 0.1) is 5.92 Å². The van der Waals surface area contributed by atoms with Crippen LogP contribution < -0.4 is 10.2 Å². The molecular weight excluding hydrogens is 406 g/mol. The number of carbonyl (C=O) groups excluding carboxylic acids is 2. The molecule has 0 aromatic carbocycles. The van der Waals surface area contributed by atoms with Crippen molar-refractivity contribution in [3.8, 4) is 0 Å². The second kappa shape index (κ2) is 17.9. The Labute approximate surface area is 175 Å². The molecule has 0 rings (SSSR count). The van der Waals surface area contributed by atoms with E-state index in [9.17, 15) is 19.8 Å². The second-order valence-corrected chi connectivity index (χ2v) is 6.02. The molecule has 0 N–H and O–H groups in total. The molecule has 0 bridgehead atoms. The number of unbranched alkanes of at least 4 members (excludes halogenated alkanes) is 10. The van der Waals surface area contributed by atoms with Crippen LogP contribution in [0.4, 0.5) is 0 Å². The number of carboxylic acids is 2. The Bertz CT molecular complexity index is 282. The summed E-state index contributed by atoms with van der Waals surface area (Å²) < 4.78 is 0. The monoisotopic (exact) mass is 436 g/mol. The van der Waals surface area contributed by atoms with Crippen LogP contribution in [0.3, 0.4) is 0 Å². The van der Waals surface area contributed by atoms with Crippen molar-refractivity contribution in [1.29, 1.82) is 0 Å². The standard InChI is InChI=1S/C17H32O4.Ba/c1-15(17(20)21)13-11-9-7-5-3-2-4-6-8-10-12-14-16(18)19;/h15H,2-14H2,1H3,(H,18,19)(H,20,21);/q;+2/p-2. The molecule has 0 aromatic heterocycles. The van der Waals surface area contributed by atoms with E-state index in [1.165, 1.54) is 38.5 Å². The summed E-state index contributed by atoms with van der Waals surface area (Å²) in [5.74, 6) is -2.19. The molecule has 0 saturated carbocycles. The van der Waals surface area contributed by atoms with Crippen molar-refractivity contribution in [2.75, 3.05) is 0 Å². The minimum absolute atomic E-state index is 0. The van der Waals surface area contributed by atoms with Crippen molar-refractivity contribution < 1.29 is 19.8 Å². The maximum atomic E-state index is 10.5.